The molecular formula is C32H25F2N7O2S. The quantitative estimate of drug-likeness (QED) is 0.182. The molecule has 4 heterocycles. The number of aryl methyl sites for hydroxylation is 2. The Bertz CT molecular complexity index is 2100. The van der Waals surface area contributed by atoms with Crippen LogP contribution >= 0.6 is 11.3 Å². The molecule has 6 rings (SSSR count). The van der Waals surface area contributed by atoms with Gasteiger partial charge in [-0.2, -0.15) is 5.10 Å². The predicted octanol–water partition coefficient (Wildman–Crippen LogP) is 7.30. The SMILES string of the molecule is C=C(C)C(=O)Nc1ccc(-c2sc3c(-c4cnn(C)c4)cnc(N)c3c2-c2ccc(Oc3nccc(C)n3)c(F)c2)c(F)c1. The summed E-state index contributed by atoms with van der Waals surface area (Å²) in [5.74, 6) is -1.57. The molecule has 0 aliphatic carbocycles. The van der Waals surface area contributed by atoms with Gasteiger partial charge in [-0.05, 0) is 55.8 Å². The second kappa shape index (κ2) is 11.3. The zero-order valence-electron chi connectivity index (χ0n) is 23.9. The largest absolute Gasteiger partial charge is 0.421 e. The molecule has 0 radical (unpaired) electrons. The number of nitrogens with one attached hydrogen (secondary N) is 1. The molecule has 0 bridgehead atoms. The van der Waals surface area contributed by atoms with Crippen LogP contribution in [0.25, 0.3) is 42.8 Å². The Morgan fingerprint density at radius 1 is 1.05 bits per heavy atom. The Balaban J connectivity index is 1.54. The van der Waals surface area contributed by atoms with Crippen LogP contribution in [0.3, 0.4) is 0 Å². The Morgan fingerprint density at radius 2 is 1.86 bits per heavy atom. The highest BCUT2D eigenvalue weighted by molar-refractivity contribution is 7.23. The molecule has 12 heteroatoms. The molecule has 6 aromatic rings. The summed E-state index contributed by atoms with van der Waals surface area (Å²) in [5, 5.41) is 7.44. The first-order chi connectivity index (χ1) is 21.1. The van der Waals surface area contributed by atoms with E-state index < -0.39 is 17.5 Å². The van der Waals surface area contributed by atoms with Crippen molar-refractivity contribution < 1.29 is 18.3 Å². The summed E-state index contributed by atoms with van der Waals surface area (Å²) in [6.45, 7) is 6.95. The van der Waals surface area contributed by atoms with Crippen molar-refractivity contribution in [3.8, 4) is 44.5 Å². The van der Waals surface area contributed by atoms with E-state index in [1.54, 1.807) is 62.2 Å². The van der Waals surface area contributed by atoms with Crippen LogP contribution in [-0.4, -0.2) is 30.6 Å². The molecule has 3 N–H and O–H groups in total. The maximum atomic E-state index is 15.8. The number of hydrogen-bond acceptors (Lipinski definition) is 8. The Morgan fingerprint density at radius 3 is 2.55 bits per heavy atom. The summed E-state index contributed by atoms with van der Waals surface area (Å²) in [7, 11) is 1.80. The second-order valence-corrected chi connectivity index (χ2v) is 11.1. The van der Waals surface area contributed by atoms with Crippen LogP contribution in [0.15, 0.2) is 79.4 Å². The van der Waals surface area contributed by atoms with Crippen LogP contribution in [0, 0.1) is 18.6 Å². The first kappa shape index (κ1) is 28.6. The van der Waals surface area contributed by atoms with Crippen LogP contribution in [0.5, 0.6) is 11.8 Å². The van der Waals surface area contributed by atoms with Crippen LogP contribution in [-0.2, 0) is 11.8 Å². The van der Waals surface area contributed by atoms with Gasteiger partial charge in [-0.25, -0.2) is 23.7 Å². The van der Waals surface area contributed by atoms with Gasteiger partial charge in [0.1, 0.15) is 11.6 Å². The number of nitrogens with two attached hydrogens (primary N) is 1. The lowest BCUT2D eigenvalue weighted by molar-refractivity contribution is -0.112. The van der Waals surface area contributed by atoms with Crippen molar-refractivity contribution in [3.63, 3.8) is 0 Å². The standard InChI is InChI=1S/C32H25F2N7O2S/c1-16(2)31(42)40-20-6-7-21(23(33)12-20)28-26(18-5-8-25(24(34)11-18)43-32-36-10-9-17(3)39-32)27-29(44-28)22(14-37-30(27)35)19-13-38-41(4)15-19/h5-15H,1H2,2-4H3,(H2,35,37)(H,40,42). The van der Waals surface area contributed by atoms with Crippen molar-refractivity contribution in [1.29, 1.82) is 0 Å². The van der Waals surface area contributed by atoms with Gasteiger partial charge in [-0.15, -0.1) is 11.3 Å². The van der Waals surface area contributed by atoms with Crippen LogP contribution < -0.4 is 15.8 Å². The van der Waals surface area contributed by atoms with Crippen molar-refractivity contribution in [2.75, 3.05) is 11.1 Å². The highest BCUT2D eigenvalue weighted by atomic mass is 32.1. The summed E-state index contributed by atoms with van der Waals surface area (Å²) in [4.78, 5) is 25.3. The molecule has 4 aromatic heterocycles. The minimum atomic E-state index is -0.675. The Kier molecular flexibility index (Phi) is 7.35. The number of pyridine rings is 1. The number of aromatic nitrogens is 5. The number of hydrogen-bond donors (Lipinski definition) is 2. The fourth-order valence-corrected chi connectivity index (χ4v) is 6.07. The monoisotopic (exact) mass is 609 g/mol. The minimum Gasteiger partial charge on any atom is -0.421 e. The number of ether oxygens (including phenoxy) is 1. The van der Waals surface area contributed by atoms with E-state index in [1.165, 1.54) is 35.7 Å². The number of halogens is 2. The van der Waals surface area contributed by atoms with Gasteiger partial charge in [-0.1, -0.05) is 12.6 Å². The lowest BCUT2D eigenvalue weighted by Gasteiger charge is -2.11. The molecule has 0 saturated heterocycles. The predicted molar refractivity (Wildman–Crippen MR) is 167 cm³/mol. The zero-order chi connectivity index (χ0) is 31.1. The summed E-state index contributed by atoms with van der Waals surface area (Å²) < 4.78 is 39.4. The van der Waals surface area contributed by atoms with Crippen LogP contribution in [0.2, 0.25) is 0 Å². The van der Waals surface area contributed by atoms with E-state index >= 15 is 8.78 Å². The van der Waals surface area contributed by atoms with Gasteiger partial charge in [0, 0.05) is 79.8 Å². The number of carbonyl (C=O) groups excluding carboxylic acids is 1. The van der Waals surface area contributed by atoms with Crippen LogP contribution in [0.4, 0.5) is 20.3 Å². The summed E-state index contributed by atoms with van der Waals surface area (Å²) in [6.07, 6.45) is 6.70. The fraction of sp³-hybridized carbons (Fsp3) is 0.0938. The average molecular weight is 610 g/mol. The average Bonchev–Trinajstić information content (AvgIpc) is 3.59. The van der Waals surface area contributed by atoms with Crippen molar-refractivity contribution in [2.45, 2.75) is 13.8 Å². The molecule has 2 aromatic carbocycles. The van der Waals surface area contributed by atoms with E-state index in [9.17, 15) is 4.79 Å². The van der Waals surface area contributed by atoms with Crippen molar-refractivity contribution in [2.24, 2.45) is 7.05 Å². The highest BCUT2D eigenvalue weighted by Gasteiger charge is 2.24. The third-order valence-electron chi connectivity index (χ3n) is 6.81. The topological polar surface area (TPSA) is 121 Å². The Labute approximate surface area is 254 Å². The molecule has 0 aliphatic heterocycles. The maximum absolute atomic E-state index is 15.8. The lowest BCUT2D eigenvalue weighted by Crippen LogP contribution is -2.11. The fourth-order valence-electron chi connectivity index (χ4n) is 4.68. The molecule has 9 nitrogen and oxygen atoms in total. The van der Waals surface area contributed by atoms with Gasteiger partial charge in [0.05, 0.1) is 6.20 Å². The molecule has 0 atom stereocenters. The molecule has 0 fully saturated rings. The number of thiophene rings is 1. The lowest BCUT2D eigenvalue weighted by atomic mass is 9.97. The third kappa shape index (κ3) is 5.38. The second-order valence-electron chi connectivity index (χ2n) is 10.1. The number of anilines is 2. The van der Waals surface area contributed by atoms with E-state index in [0.29, 0.717) is 27.1 Å². The van der Waals surface area contributed by atoms with Gasteiger partial charge in [0.25, 0.3) is 5.91 Å². The van der Waals surface area contributed by atoms with E-state index in [4.69, 9.17) is 10.5 Å². The van der Waals surface area contributed by atoms with E-state index in [2.05, 4.69) is 31.9 Å². The van der Waals surface area contributed by atoms with E-state index in [1.807, 2.05) is 6.20 Å². The van der Waals surface area contributed by atoms with Gasteiger partial charge < -0.3 is 15.8 Å². The first-order valence-electron chi connectivity index (χ1n) is 13.3. The first-order valence-corrected chi connectivity index (χ1v) is 14.1. The highest BCUT2D eigenvalue weighted by Crippen LogP contribution is 2.50. The minimum absolute atomic E-state index is 0.00813. The molecule has 220 valence electrons. The maximum Gasteiger partial charge on any atom is 0.322 e. The number of nitrogens with zero attached hydrogens (tertiary/aromatic N) is 5. The molecular weight excluding hydrogens is 584 g/mol. The number of amides is 1. The molecule has 1 amide bonds. The number of fused-ring (bicyclic) bond motifs is 1. The van der Waals surface area contributed by atoms with Gasteiger partial charge >= 0.3 is 6.01 Å². The van der Waals surface area contributed by atoms with Crippen molar-refractivity contribution in [1.82, 2.24) is 24.7 Å². The number of carbonyl (C=O) groups is 1. The van der Waals surface area contributed by atoms with Gasteiger partial charge in [0.15, 0.2) is 11.6 Å². The van der Waals surface area contributed by atoms with Crippen molar-refractivity contribution >= 4 is 38.8 Å². The molecule has 0 unspecified atom stereocenters. The van der Waals surface area contributed by atoms with E-state index in [-0.39, 0.29) is 34.4 Å². The summed E-state index contributed by atoms with van der Waals surface area (Å²) in [5.41, 5.74) is 10.4. The van der Waals surface area contributed by atoms with Crippen molar-refractivity contribution in [3.05, 3.63) is 96.7 Å². The Hall–Kier alpha value is -5.49. The molecule has 0 aliphatic rings. The molecule has 44 heavy (non-hydrogen) atoms. The molecule has 0 spiro atoms. The zero-order valence-corrected chi connectivity index (χ0v) is 24.7. The number of nitrogen functional groups attached to an aromatic ring is 1. The normalized spacial score (nSPS) is 11.1. The van der Waals surface area contributed by atoms with Gasteiger partial charge in [0.2, 0.25) is 0 Å². The van der Waals surface area contributed by atoms with Crippen LogP contribution in [0.1, 0.15) is 12.6 Å². The molecule has 0 saturated carbocycles. The number of rotatable bonds is 7. The third-order valence-corrected chi connectivity index (χ3v) is 8.07. The summed E-state index contributed by atoms with van der Waals surface area (Å²) in [6, 6.07) is 10.5. The number of benzene rings is 2. The van der Waals surface area contributed by atoms with E-state index in [0.717, 1.165) is 15.8 Å². The van der Waals surface area contributed by atoms with Gasteiger partial charge in [-0.3, -0.25) is 9.48 Å². The smallest absolute Gasteiger partial charge is 0.322 e. The summed E-state index contributed by atoms with van der Waals surface area (Å²) >= 11 is 1.30.